The van der Waals surface area contributed by atoms with Crippen LogP contribution in [0, 0.1) is 35.0 Å². The average molecular weight is 783 g/mol. The van der Waals surface area contributed by atoms with E-state index in [1.54, 1.807) is 29.3 Å². The summed E-state index contributed by atoms with van der Waals surface area (Å²) in [4.78, 5) is 47.2. The molecule has 0 radical (unpaired) electrons. The van der Waals surface area contributed by atoms with E-state index >= 15 is 8.78 Å². The maximum atomic E-state index is 16.5. The molecule has 6 N–H and O–H groups in total. The summed E-state index contributed by atoms with van der Waals surface area (Å²) in [5.74, 6) is 4.74. The van der Waals surface area contributed by atoms with Crippen LogP contribution in [-0.4, -0.2) is 66.2 Å². The van der Waals surface area contributed by atoms with Gasteiger partial charge >= 0.3 is 0 Å². The van der Waals surface area contributed by atoms with E-state index in [9.17, 15) is 9.59 Å². The molecule has 298 valence electrons. The lowest BCUT2D eigenvalue weighted by molar-refractivity contribution is -0.138. The zero-order valence-electron chi connectivity index (χ0n) is 33.2. The molecule has 3 aliphatic carbocycles. The second kappa shape index (κ2) is 13.1. The summed E-state index contributed by atoms with van der Waals surface area (Å²) >= 11 is 0. The first kappa shape index (κ1) is 36.9. The monoisotopic (exact) mass is 782 g/mol. The van der Waals surface area contributed by atoms with Crippen molar-refractivity contribution in [2.24, 2.45) is 34.6 Å². The van der Waals surface area contributed by atoms with Crippen LogP contribution in [-0.2, 0) is 15.5 Å². The van der Waals surface area contributed by atoms with Crippen molar-refractivity contribution in [2.75, 3.05) is 6.54 Å². The Bertz CT molecular complexity index is 2580. The molecule has 2 bridgehead atoms. The van der Waals surface area contributed by atoms with Crippen LogP contribution < -0.4 is 11.5 Å². The number of H-pyrrole nitrogens is 2. The van der Waals surface area contributed by atoms with Crippen molar-refractivity contribution in [3.63, 3.8) is 0 Å². The summed E-state index contributed by atoms with van der Waals surface area (Å²) < 4.78 is 33.1. The molecule has 0 unspecified atom stereocenters. The van der Waals surface area contributed by atoms with Gasteiger partial charge in [-0.25, -0.2) is 9.97 Å². The molecule has 2 aromatic heterocycles. The van der Waals surface area contributed by atoms with Crippen LogP contribution >= 0.6 is 0 Å². The first-order chi connectivity index (χ1) is 27.7. The largest absolute Gasteiger partial charge is 0.345 e. The fourth-order valence-electron chi connectivity index (χ4n) is 9.74. The molecule has 6 atom stereocenters. The minimum absolute atomic E-state index is 0.0256. The van der Waals surface area contributed by atoms with Crippen molar-refractivity contribution in [1.29, 1.82) is 0 Å². The smallest absolute Gasteiger partial charge is 0.299 e. The molecule has 10 nitrogen and oxygen atoms in total. The summed E-state index contributed by atoms with van der Waals surface area (Å²) in [6.07, 6.45) is 6.55. The third-order valence-corrected chi connectivity index (χ3v) is 13.5. The first-order valence-corrected chi connectivity index (χ1v) is 20.6. The Balaban J connectivity index is 0.921. The molecule has 2 aliphatic heterocycles. The van der Waals surface area contributed by atoms with Gasteiger partial charge in [-0.05, 0) is 96.4 Å². The number of nitrogens with one attached hydrogen (secondary N) is 2. The SMILES string of the molecule is CC(C)[C@H](N)C(=O)N1CC2(C#C[C@H]1c1nc(-c3ccc4c(c3)C(F)(F)c3cc(-c5ccc6nc([C@@H]7[C@H]8CC[C@H](C8)N7C(=O)[C@@H](N)C(C)C)[nH]c6c5)ccc3-4)c[nH]1)CC2. The van der Waals surface area contributed by atoms with Gasteiger partial charge in [-0.3, -0.25) is 9.59 Å². The maximum Gasteiger partial charge on any atom is 0.299 e. The van der Waals surface area contributed by atoms with Gasteiger partial charge in [-0.1, -0.05) is 69.9 Å². The Labute approximate surface area is 336 Å². The van der Waals surface area contributed by atoms with Crippen molar-refractivity contribution in [1.82, 2.24) is 29.7 Å². The predicted molar refractivity (Wildman–Crippen MR) is 218 cm³/mol. The highest BCUT2D eigenvalue weighted by Crippen LogP contribution is 2.54. The molecule has 5 aromatic rings. The number of halogens is 2. The molecule has 5 aliphatic rings. The van der Waals surface area contributed by atoms with Crippen molar-refractivity contribution in [3.05, 3.63) is 83.6 Å². The second-order valence-corrected chi connectivity index (χ2v) is 18.0. The number of carbonyl (C=O) groups is 2. The van der Waals surface area contributed by atoms with Crippen molar-refractivity contribution >= 4 is 22.8 Å². The van der Waals surface area contributed by atoms with Crippen LogP contribution in [0.3, 0.4) is 0 Å². The van der Waals surface area contributed by atoms with Gasteiger partial charge in [0.2, 0.25) is 11.8 Å². The Hall–Kier alpha value is -5.38. The van der Waals surface area contributed by atoms with Gasteiger partial charge in [0.25, 0.3) is 5.92 Å². The lowest BCUT2D eigenvalue weighted by Gasteiger charge is -2.36. The number of carbonyl (C=O) groups excluding carboxylic acids is 2. The first-order valence-electron chi connectivity index (χ1n) is 20.6. The number of likely N-dealkylation sites (tertiary alicyclic amines) is 1. The number of piperidine rings is 1. The van der Waals surface area contributed by atoms with Crippen LogP contribution in [0.5, 0.6) is 0 Å². The third-order valence-electron chi connectivity index (χ3n) is 13.5. The number of alkyl halides is 2. The molecule has 10 rings (SSSR count). The Morgan fingerprint density at radius 1 is 0.845 bits per heavy atom. The van der Waals surface area contributed by atoms with E-state index in [2.05, 4.69) is 21.8 Å². The highest BCUT2D eigenvalue weighted by Gasteiger charge is 2.51. The number of hydrogen-bond acceptors (Lipinski definition) is 6. The van der Waals surface area contributed by atoms with Crippen molar-refractivity contribution < 1.29 is 18.4 Å². The maximum absolute atomic E-state index is 16.5. The highest BCUT2D eigenvalue weighted by atomic mass is 19.3. The van der Waals surface area contributed by atoms with Gasteiger partial charge < -0.3 is 31.2 Å². The number of nitrogens with zero attached hydrogens (tertiary/aromatic N) is 4. The van der Waals surface area contributed by atoms with E-state index < -0.39 is 24.0 Å². The summed E-state index contributed by atoms with van der Waals surface area (Å²) in [6, 6.07) is 14.3. The van der Waals surface area contributed by atoms with E-state index in [0.717, 1.165) is 54.5 Å². The Kier molecular flexibility index (Phi) is 8.32. The number of benzene rings is 3. The highest BCUT2D eigenvalue weighted by molar-refractivity contribution is 5.88. The van der Waals surface area contributed by atoms with Gasteiger partial charge in [0.15, 0.2) is 6.04 Å². The number of rotatable bonds is 8. The fourth-order valence-corrected chi connectivity index (χ4v) is 9.74. The number of nitrogens with two attached hydrogens (primary N) is 2. The van der Waals surface area contributed by atoms with E-state index in [-0.39, 0.29) is 52.3 Å². The average Bonchev–Trinajstić information content (AvgIpc) is 3.78. The zero-order chi connectivity index (χ0) is 40.4. The minimum Gasteiger partial charge on any atom is -0.345 e. The van der Waals surface area contributed by atoms with Crippen molar-refractivity contribution in [3.8, 4) is 45.4 Å². The van der Waals surface area contributed by atoms with Gasteiger partial charge in [0, 0.05) is 40.9 Å². The fraction of sp³-hybridized carbons (Fsp3) is 0.435. The number of aromatic amines is 2. The number of aromatic nitrogens is 4. The van der Waals surface area contributed by atoms with Crippen LogP contribution in [0.15, 0.2) is 60.8 Å². The Morgan fingerprint density at radius 3 is 2.21 bits per heavy atom. The molecule has 1 saturated heterocycles. The Morgan fingerprint density at radius 2 is 1.50 bits per heavy atom. The molecule has 1 spiro atoms. The normalized spacial score (nSPS) is 24.3. The van der Waals surface area contributed by atoms with Crippen LogP contribution in [0.4, 0.5) is 8.78 Å². The van der Waals surface area contributed by atoms with Gasteiger partial charge in [-0.2, -0.15) is 8.78 Å². The third kappa shape index (κ3) is 5.72. The van der Waals surface area contributed by atoms with Gasteiger partial charge in [0.1, 0.15) is 11.6 Å². The molecular weight excluding hydrogens is 735 g/mol. The molecule has 2 saturated carbocycles. The topological polar surface area (TPSA) is 150 Å². The van der Waals surface area contributed by atoms with Crippen LogP contribution in [0.2, 0.25) is 0 Å². The zero-order valence-corrected chi connectivity index (χ0v) is 33.2. The van der Waals surface area contributed by atoms with Gasteiger partial charge in [0.05, 0.1) is 34.9 Å². The lowest BCUT2D eigenvalue weighted by atomic mass is 9.96. The second-order valence-electron chi connectivity index (χ2n) is 18.0. The van der Waals surface area contributed by atoms with Gasteiger partial charge in [-0.15, -0.1) is 0 Å². The summed E-state index contributed by atoms with van der Waals surface area (Å²) in [6.45, 7) is 8.28. The van der Waals surface area contributed by atoms with E-state index in [0.29, 0.717) is 46.2 Å². The lowest BCUT2D eigenvalue weighted by Crippen LogP contribution is -2.50. The standard InChI is InChI=1S/C46H48F2N8O2/c1-23(2)38(49)43(57)55-22-45(15-16-45)14-13-37(55)41-51-21-36(54-41)27-7-11-31-30-10-6-25(18-32(30)46(47,48)33(31)19-27)26-8-12-34-35(20-26)53-42(52-34)40-28-5-9-29(17-28)56(40)44(58)39(50)24(3)4/h6-8,10-12,18-21,23-24,28-29,37-40H,5,9,15-17,22,49-50H2,1-4H3,(H,51,54)(H,52,53)/t28-,29+,37-,38-,39-,40-/m0/s1. The molecule has 4 heterocycles. The van der Waals surface area contributed by atoms with E-state index in [1.165, 1.54) is 6.07 Å². The van der Waals surface area contributed by atoms with Crippen LogP contribution in [0.1, 0.15) is 94.7 Å². The number of hydrogen-bond donors (Lipinski definition) is 4. The quantitative estimate of drug-likeness (QED) is 0.120. The summed E-state index contributed by atoms with van der Waals surface area (Å²) in [7, 11) is 0. The molecular formula is C46H48F2N8O2. The van der Waals surface area contributed by atoms with Crippen LogP contribution in [0.25, 0.3) is 44.5 Å². The summed E-state index contributed by atoms with van der Waals surface area (Å²) in [5, 5.41) is 0. The predicted octanol–water partition coefficient (Wildman–Crippen LogP) is 7.43. The molecule has 3 aromatic carbocycles. The van der Waals surface area contributed by atoms with E-state index in [4.69, 9.17) is 21.4 Å². The number of imidazole rings is 2. The number of fused-ring (bicyclic) bond motifs is 6. The van der Waals surface area contributed by atoms with Crippen molar-refractivity contribution in [2.45, 2.75) is 95.9 Å². The van der Waals surface area contributed by atoms with E-state index in [1.807, 2.05) is 62.9 Å². The molecule has 58 heavy (non-hydrogen) atoms. The molecule has 12 heteroatoms. The minimum atomic E-state index is -3.25. The molecule has 3 fully saturated rings. The summed E-state index contributed by atoms with van der Waals surface area (Å²) in [5.41, 5.74) is 17.4. The molecule has 2 amide bonds. The number of amides is 2.